The van der Waals surface area contributed by atoms with E-state index >= 15 is 0 Å². The lowest BCUT2D eigenvalue weighted by atomic mass is 9.89. The molecule has 0 amide bonds. The summed E-state index contributed by atoms with van der Waals surface area (Å²) in [6.07, 6.45) is 4.14. The van der Waals surface area contributed by atoms with E-state index in [1.807, 2.05) is 13.0 Å². The molecule has 2 nitrogen and oxygen atoms in total. The fourth-order valence-electron chi connectivity index (χ4n) is 2.96. The topological polar surface area (TPSA) is 26.3 Å². The molecule has 3 rings (SSSR count). The zero-order valence-corrected chi connectivity index (χ0v) is 11.1. The summed E-state index contributed by atoms with van der Waals surface area (Å²) in [7, 11) is 0. The van der Waals surface area contributed by atoms with Crippen LogP contribution in [-0.2, 0) is 16.0 Å². The van der Waals surface area contributed by atoms with Gasteiger partial charge >= 0.3 is 5.97 Å². The Morgan fingerprint density at radius 1 is 1.39 bits per heavy atom. The molecule has 96 valence electrons. The van der Waals surface area contributed by atoms with E-state index in [4.69, 9.17) is 4.74 Å². The first kappa shape index (κ1) is 11.8. The van der Waals surface area contributed by atoms with Crippen LogP contribution in [0.3, 0.4) is 0 Å². The maximum absolute atomic E-state index is 12.2. The van der Waals surface area contributed by atoms with Crippen LogP contribution in [0, 0.1) is 11.3 Å². The van der Waals surface area contributed by atoms with E-state index in [0.717, 1.165) is 25.7 Å². The van der Waals surface area contributed by atoms with Crippen LogP contribution in [0.15, 0.2) is 24.3 Å². The number of ether oxygens (including phenoxy) is 1. The number of hydrogen-bond donors (Lipinski definition) is 0. The van der Waals surface area contributed by atoms with Gasteiger partial charge in [-0.05, 0) is 49.7 Å². The molecule has 3 atom stereocenters. The van der Waals surface area contributed by atoms with Crippen molar-refractivity contribution in [2.45, 2.75) is 45.6 Å². The number of esters is 1. The highest BCUT2D eigenvalue weighted by molar-refractivity contribution is 5.80. The van der Waals surface area contributed by atoms with Crippen molar-refractivity contribution < 1.29 is 9.53 Å². The van der Waals surface area contributed by atoms with Gasteiger partial charge in [0.05, 0.1) is 5.41 Å². The quantitative estimate of drug-likeness (QED) is 0.742. The lowest BCUT2D eigenvalue weighted by Crippen LogP contribution is -2.23. The summed E-state index contributed by atoms with van der Waals surface area (Å²) >= 11 is 0. The Labute approximate surface area is 108 Å². The fraction of sp³-hybridized carbons (Fsp3) is 0.562. The lowest BCUT2D eigenvalue weighted by Gasteiger charge is -2.26. The highest BCUT2D eigenvalue weighted by atomic mass is 16.5. The predicted molar refractivity (Wildman–Crippen MR) is 70.1 cm³/mol. The molecule has 1 fully saturated rings. The normalized spacial score (nSPS) is 33.7. The van der Waals surface area contributed by atoms with E-state index < -0.39 is 0 Å². The van der Waals surface area contributed by atoms with Crippen LogP contribution in [0.2, 0.25) is 0 Å². The Bertz CT molecular complexity index is 480. The van der Waals surface area contributed by atoms with Crippen LogP contribution in [0.1, 0.15) is 50.3 Å². The summed E-state index contributed by atoms with van der Waals surface area (Å²) in [6, 6.07) is 8.35. The molecule has 1 saturated carbocycles. The fourth-order valence-corrected chi connectivity index (χ4v) is 2.96. The summed E-state index contributed by atoms with van der Waals surface area (Å²) in [4.78, 5) is 12.2. The maximum Gasteiger partial charge on any atom is 0.312 e. The van der Waals surface area contributed by atoms with Crippen molar-refractivity contribution in [1.82, 2.24) is 0 Å². The average molecular weight is 244 g/mol. The Hall–Kier alpha value is -1.31. The smallest absolute Gasteiger partial charge is 0.312 e. The number of aryl methyl sites for hydroxylation is 1. The van der Waals surface area contributed by atoms with E-state index in [1.165, 1.54) is 11.1 Å². The van der Waals surface area contributed by atoms with Crippen LogP contribution in [0.5, 0.6) is 0 Å². The standard InChI is InChI=1S/C16H20O2/c1-11-10-16(11,2)15(17)18-14-9-5-7-12-6-3-4-8-13(12)14/h3-4,6,8,11,14H,5,7,9-10H2,1-2H3. The molecule has 0 N–H and O–H groups in total. The Morgan fingerprint density at radius 3 is 2.83 bits per heavy atom. The van der Waals surface area contributed by atoms with Gasteiger partial charge in [0.25, 0.3) is 0 Å². The number of benzene rings is 1. The Kier molecular flexibility index (Phi) is 2.69. The summed E-state index contributed by atoms with van der Waals surface area (Å²) < 4.78 is 5.78. The number of carbonyl (C=O) groups is 1. The molecule has 0 heterocycles. The van der Waals surface area contributed by atoms with Gasteiger partial charge in [0.1, 0.15) is 6.10 Å². The van der Waals surface area contributed by atoms with E-state index in [0.29, 0.717) is 5.92 Å². The number of rotatable bonds is 2. The van der Waals surface area contributed by atoms with Gasteiger partial charge in [0.2, 0.25) is 0 Å². The third-order valence-electron chi connectivity index (χ3n) is 4.69. The molecule has 2 heteroatoms. The molecule has 0 aromatic heterocycles. The summed E-state index contributed by atoms with van der Waals surface area (Å²) in [5.74, 6) is 0.473. The maximum atomic E-state index is 12.2. The second kappa shape index (κ2) is 4.11. The van der Waals surface area contributed by atoms with Gasteiger partial charge in [-0.25, -0.2) is 0 Å². The molecule has 1 aromatic rings. The minimum absolute atomic E-state index is 0.00305. The van der Waals surface area contributed by atoms with Crippen LogP contribution in [-0.4, -0.2) is 5.97 Å². The first-order valence-corrected chi connectivity index (χ1v) is 6.90. The van der Waals surface area contributed by atoms with Gasteiger partial charge in [0.15, 0.2) is 0 Å². The third kappa shape index (κ3) is 1.84. The molecular formula is C16H20O2. The van der Waals surface area contributed by atoms with Crippen molar-refractivity contribution in [2.75, 3.05) is 0 Å². The Morgan fingerprint density at radius 2 is 2.11 bits per heavy atom. The highest BCUT2D eigenvalue weighted by Crippen LogP contribution is 2.53. The van der Waals surface area contributed by atoms with Gasteiger partial charge in [-0.3, -0.25) is 4.79 Å². The molecule has 18 heavy (non-hydrogen) atoms. The second-order valence-corrected chi connectivity index (χ2v) is 6.01. The van der Waals surface area contributed by atoms with E-state index in [9.17, 15) is 4.79 Å². The van der Waals surface area contributed by atoms with Gasteiger partial charge < -0.3 is 4.74 Å². The van der Waals surface area contributed by atoms with Gasteiger partial charge in [0, 0.05) is 0 Å². The highest BCUT2D eigenvalue weighted by Gasteiger charge is 2.54. The molecule has 0 saturated heterocycles. The average Bonchev–Trinajstić information content (AvgIpc) is 2.99. The van der Waals surface area contributed by atoms with Crippen LogP contribution in [0.4, 0.5) is 0 Å². The monoisotopic (exact) mass is 244 g/mol. The number of fused-ring (bicyclic) bond motifs is 1. The second-order valence-electron chi connectivity index (χ2n) is 6.01. The molecule has 0 radical (unpaired) electrons. The first-order chi connectivity index (χ1) is 8.61. The molecule has 3 unspecified atom stereocenters. The van der Waals surface area contributed by atoms with Crippen molar-refractivity contribution in [3.05, 3.63) is 35.4 Å². The number of hydrogen-bond acceptors (Lipinski definition) is 2. The molecule has 2 aliphatic carbocycles. The Balaban J connectivity index is 1.77. The van der Waals surface area contributed by atoms with Crippen molar-refractivity contribution in [3.8, 4) is 0 Å². The summed E-state index contributed by atoms with van der Waals surface area (Å²) in [6.45, 7) is 4.14. The van der Waals surface area contributed by atoms with E-state index in [1.54, 1.807) is 0 Å². The number of carbonyl (C=O) groups excluding carboxylic acids is 1. The minimum atomic E-state index is -0.216. The van der Waals surface area contributed by atoms with Crippen LogP contribution in [0.25, 0.3) is 0 Å². The van der Waals surface area contributed by atoms with E-state index in [2.05, 4.69) is 25.1 Å². The zero-order chi connectivity index (χ0) is 12.8. The zero-order valence-electron chi connectivity index (χ0n) is 11.1. The first-order valence-electron chi connectivity index (χ1n) is 6.90. The molecular weight excluding hydrogens is 224 g/mol. The van der Waals surface area contributed by atoms with Gasteiger partial charge in [-0.15, -0.1) is 0 Å². The molecule has 0 aliphatic heterocycles. The molecule has 1 aromatic carbocycles. The SMILES string of the molecule is CC1CC1(C)C(=O)OC1CCCc2ccccc21. The van der Waals surface area contributed by atoms with Crippen molar-refractivity contribution >= 4 is 5.97 Å². The molecule has 2 aliphatic rings. The van der Waals surface area contributed by atoms with Crippen molar-refractivity contribution in [3.63, 3.8) is 0 Å². The van der Waals surface area contributed by atoms with Crippen molar-refractivity contribution in [1.29, 1.82) is 0 Å². The third-order valence-corrected chi connectivity index (χ3v) is 4.69. The van der Waals surface area contributed by atoms with Gasteiger partial charge in [-0.2, -0.15) is 0 Å². The molecule has 0 bridgehead atoms. The van der Waals surface area contributed by atoms with Crippen molar-refractivity contribution in [2.24, 2.45) is 11.3 Å². The van der Waals surface area contributed by atoms with Gasteiger partial charge in [-0.1, -0.05) is 31.2 Å². The minimum Gasteiger partial charge on any atom is -0.457 e. The largest absolute Gasteiger partial charge is 0.457 e. The summed E-state index contributed by atoms with van der Waals surface area (Å²) in [5, 5.41) is 0. The van der Waals surface area contributed by atoms with Crippen LogP contribution >= 0.6 is 0 Å². The van der Waals surface area contributed by atoms with Crippen LogP contribution < -0.4 is 0 Å². The molecule has 0 spiro atoms. The van der Waals surface area contributed by atoms with E-state index in [-0.39, 0.29) is 17.5 Å². The lowest BCUT2D eigenvalue weighted by molar-refractivity contribution is -0.156. The summed E-state index contributed by atoms with van der Waals surface area (Å²) in [5.41, 5.74) is 2.34. The predicted octanol–water partition coefficient (Wildman–Crippen LogP) is 3.65.